The molecule has 0 saturated carbocycles. The topological polar surface area (TPSA) is 55.2 Å². The van der Waals surface area contributed by atoms with Crippen LogP contribution in [0.5, 0.6) is 0 Å². The van der Waals surface area contributed by atoms with E-state index in [1.165, 1.54) is 16.8 Å². The number of thioether (sulfide) groups is 1. The number of fused-ring (bicyclic) bond motifs is 1. The molecule has 0 atom stereocenters. The Kier molecular flexibility index (Phi) is 3.56. The van der Waals surface area contributed by atoms with Gasteiger partial charge in [-0.2, -0.15) is 5.10 Å². The summed E-state index contributed by atoms with van der Waals surface area (Å²) in [6.07, 6.45) is 0. The average Bonchev–Trinajstić information content (AvgIpc) is 2.47. The van der Waals surface area contributed by atoms with Crippen molar-refractivity contribution in [1.82, 2.24) is 9.78 Å². The second-order valence-corrected chi connectivity index (χ2v) is 7.65. The maximum absolute atomic E-state index is 12.9. The number of aryl methyl sites for hydroxylation is 1. The number of amides is 1. The minimum atomic E-state index is -0.230. The van der Waals surface area contributed by atoms with E-state index in [-0.39, 0.29) is 21.9 Å². The highest BCUT2D eigenvalue weighted by Crippen LogP contribution is 2.44. The van der Waals surface area contributed by atoms with E-state index in [0.29, 0.717) is 6.54 Å². The van der Waals surface area contributed by atoms with Crippen LogP contribution in [0.3, 0.4) is 0 Å². The summed E-state index contributed by atoms with van der Waals surface area (Å²) in [5.41, 5.74) is 0.943. The predicted octanol–water partition coefficient (Wildman–Crippen LogP) is 2.31. The third-order valence-electron chi connectivity index (χ3n) is 3.51. The molecule has 0 saturated heterocycles. The average molecular weight is 315 g/mol. The molecular weight excluding hydrogens is 298 g/mol. The number of nitrogens with zero attached hydrogens (tertiary/aromatic N) is 3. The van der Waals surface area contributed by atoms with Crippen molar-refractivity contribution in [3.05, 3.63) is 52.4 Å². The lowest BCUT2D eigenvalue weighted by atomic mass is 10.1. The fourth-order valence-electron chi connectivity index (χ4n) is 2.50. The van der Waals surface area contributed by atoms with E-state index in [0.717, 1.165) is 10.6 Å². The summed E-state index contributed by atoms with van der Waals surface area (Å²) in [4.78, 5) is 27.1. The number of benzene rings is 1. The second kappa shape index (κ2) is 5.28. The zero-order valence-electron chi connectivity index (χ0n) is 12.7. The molecule has 0 aliphatic carbocycles. The largest absolute Gasteiger partial charge is 0.304 e. The Morgan fingerprint density at radius 3 is 2.68 bits per heavy atom. The minimum absolute atomic E-state index is 0.0787. The van der Waals surface area contributed by atoms with Crippen molar-refractivity contribution >= 4 is 23.4 Å². The van der Waals surface area contributed by atoms with Gasteiger partial charge >= 0.3 is 0 Å². The van der Waals surface area contributed by atoms with Gasteiger partial charge in [-0.1, -0.05) is 12.1 Å². The number of anilines is 1. The molecule has 1 aliphatic heterocycles. The van der Waals surface area contributed by atoms with E-state index in [1.807, 2.05) is 24.3 Å². The van der Waals surface area contributed by atoms with Crippen molar-refractivity contribution in [3.8, 4) is 0 Å². The van der Waals surface area contributed by atoms with Gasteiger partial charge in [-0.15, -0.1) is 11.8 Å². The highest BCUT2D eigenvalue weighted by atomic mass is 32.2. The molecule has 0 N–H and O–H groups in total. The van der Waals surface area contributed by atoms with Crippen molar-refractivity contribution in [2.24, 2.45) is 7.05 Å². The van der Waals surface area contributed by atoms with Crippen LogP contribution in [0.1, 0.15) is 24.3 Å². The monoisotopic (exact) mass is 315 g/mol. The Balaban J connectivity index is 2.05. The van der Waals surface area contributed by atoms with Crippen LogP contribution in [0.4, 0.5) is 5.69 Å². The van der Waals surface area contributed by atoms with Crippen molar-refractivity contribution in [1.29, 1.82) is 0 Å². The molecule has 22 heavy (non-hydrogen) atoms. The number of hydrogen-bond acceptors (Lipinski definition) is 4. The first-order chi connectivity index (χ1) is 10.4. The number of hydrogen-bond donors (Lipinski definition) is 0. The van der Waals surface area contributed by atoms with Crippen molar-refractivity contribution in [2.45, 2.75) is 23.5 Å². The Labute approximate surface area is 132 Å². The molecule has 0 spiro atoms. The summed E-state index contributed by atoms with van der Waals surface area (Å²) < 4.78 is 1.10. The van der Waals surface area contributed by atoms with Gasteiger partial charge < -0.3 is 4.90 Å². The summed E-state index contributed by atoms with van der Waals surface area (Å²) in [5, 5.41) is 4.07. The molecule has 2 aromatic rings. The zero-order valence-corrected chi connectivity index (χ0v) is 13.6. The van der Waals surface area contributed by atoms with Crippen LogP contribution in [0.2, 0.25) is 0 Å². The predicted molar refractivity (Wildman–Crippen MR) is 87.5 cm³/mol. The van der Waals surface area contributed by atoms with Crippen LogP contribution in [0.15, 0.2) is 46.1 Å². The van der Waals surface area contributed by atoms with E-state index in [9.17, 15) is 9.59 Å². The first kappa shape index (κ1) is 14.8. The summed E-state index contributed by atoms with van der Waals surface area (Å²) in [7, 11) is 1.54. The van der Waals surface area contributed by atoms with Gasteiger partial charge in [0.05, 0.1) is 5.69 Å². The number of carbonyl (C=O) groups is 1. The summed E-state index contributed by atoms with van der Waals surface area (Å²) >= 11 is 1.77. The number of aromatic nitrogens is 2. The SMILES string of the molecule is Cn1nc(C(=O)N2CC(C)(C)Sc3ccccc32)ccc1=O. The van der Waals surface area contributed by atoms with E-state index < -0.39 is 0 Å². The first-order valence-electron chi connectivity index (χ1n) is 7.02. The zero-order chi connectivity index (χ0) is 15.9. The molecule has 2 heterocycles. The normalized spacial score (nSPS) is 16.2. The van der Waals surface area contributed by atoms with Gasteiger partial charge in [0, 0.05) is 29.3 Å². The maximum atomic E-state index is 12.9. The van der Waals surface area contributed by atoms with Gasteiger partial charge in [0.1, 0.15) is 5.69 Å². The van der Waals surface area contributed by atoms with Gasteiger partial charge in [0.25, 0.3) is 11.5 Å². The summed E-state index contributed by atoms with van der Waals surface area (Å²) in [5.74, 6) is -0.184. The van der Waals surface area contributed by atoms with Crippen molar-refractivity contribution < 1.29 is 4.79 Å². The number of rotatable bonds is 1. The van der Waals surface area contributed by atoms with E-state index in [1.54, 1.807) is 23.7 Å². The summed E-state index contributed by atoms with van der Waals surface area (Å²) in [6, 6.07) is 10.7. The maximum Gasteiger partial charge on any atom is 0.278 e. The van der Waals surface area contributed by atoms with Gasteiger partial charge in [-0.25, -0.2) is 4.68 Å². The molecule has 0 fully saturated rings. The Morgan fingerprint density at radius 1 is 1.23 bits per heavy atom. The van der Waals surface area contributed by atoms with Crippen LogP contribution in [-0.2, 0) is 7.05 Å². The fraction of sp³-hybridized carbons (Fsp3) is 0.312. The molecule has 5 nitrogen and oxygen atoms in total. The van der Waals surface area contributed by atoms with Crippen LogP contribution in [0, 0.1) is 0 Å². The first-order valence-corrected chi connectivity index (χ1v) is 7.83. The quantitative estimate of drug-likeness (QED) is 0.810. The van der Waals surface area contributed by atoms with Crippen LogP contribution in [0.25, 0.3) is 0 Å². The van der Waals surface area contributed by atoms with Crippen LogP contribution < -0.4 is 10.5 Å². The lowest BCUT2D eigenvalue weighted by Gasteiger charge is -2.38. The molecule has 0 bridgehead atoms. The second-order valence-electron chi connectivity index (χ2n) is 5.90. The molecule has 1 aliphatic rings. The molecule has 0 radical (unpaired) electrons. The van der Waals surface area contributed by atoms with E-state index in [2.05, 4.69) is 18.9 Å². The highest BCUT2D eigenvalue weighted by Gasteiger charge is 2.34. The van der Waals surface area contributed by atoms with Gasteiger partial charge in [0.2, 0.25) is 0 Å². The lowest BCUT2D eigenvalue weighted by Crippen LogP contribution is -2.44. The summed E-state index contributed by atoms with van der Waals surface area (Å²) in [6.45, 7) is 4.82. The van der Waals surface area contributed by atoms with Crippen molar-refractivity contribution in [2.75, 3.05) is 11.4 Å². The Hall–Kier alpha value is -2.08. The third kappa shape index (κ3) is 2.66. The molecule has 1 aromatic carbocycles. The lowest BCUT2D eigenvalue weighted by molar-refractivity contribution is 0.0977. The van der Waals surface area contributed by atoms with Crippen molar-refractivity contribution in [3.63, 3.8) is 0 Å². The molecular formula is C16H17N3O2S. The van der Waals surface area contributed by atoms with Gasteiger partial charge in [-0.05, 0) is 32.0 Å². The van der Waals surface area contributed by atoms with Crippen LogP contribution >= 0.6 is 11.8 Å². The third-order valence-corrected chi connectivity index (χ3v) is 4.75. The van der Waals surface area contributed by atoms with Gasteiger partial charge in [0.15, 0.2) is 0 Å². The fourth-order valence-corrected chi connectivity index (χ4v) is 3.72. The van der Waals surface area contributed by atoms with E-state index >= 15 is 0 Å². The standard InChI is InChI=1S/C16H17N3O2S/c1-16(2)10-19(12-6-4-5-7-13(12)22-16)15(21)11-8-9-14(20)18(3)17-11/h4-9H,10H2,1-3H3. The molecule has 6 heteroatoms. The highest BCUT2D eigenvalue weighted by molar-refractivity contribution is 8.00. The Bertz CT molecular complexity index is 798. The smallest absolute Gasteiger partial charge is 0.278 e. The van der Waals surface area contributed by atoms with Gasteiger partial charge in [-0.3, -0.25) is 9.59 Å². The Morgan fingerprint density at radius 2 is 1.95 bits per heavy atom. The molecule has 114 valence electrons. The van der Waals surface area contributed by atoms with Crippen LogP contribution in [-0.4, -0.2) is 27.0 Å². The minimum Gasteiger partial charge on any atom is -0.304 e. The van der Waals surface area contributed by atoms with E-state index in [4.69, 9.17) is 0 Å². The number of para-hydroxylation sites is 1. The number of carbonyl (C=O) groups excluding carboxylic acids is 1. The molecule has 1 aromatic heterocycles. The molecule has 1 amide bonds. The molecule has 0 unspecified atom stereocenters. The molecule has 3 rings (SSSR count).